The van der Waals surface area contributed by atoms with Crippen molar-refractivity contribution in [2.75, 3.05) is 36.4 Å². The molecule has 104 valence electrons. The minimum Gasteiger partial charge on any atom is -0.354 e. The van der Waals surface area contributed by atoms with E-state index in [9.17, 15) is 4.79 Å². The normalized spacial score (nSPS) is 15.9. The molecule has 0 radical (unpaired) electrons. The fourth-order valence-electron chi connectivity index (χ4n) is 1.88. The first-order valence-electron chi connectivity index (χ1n) is 6.48. The van der Waals surface area contributed by atoms with Gasteiger partial charge in [-0.1, -0.05) is 18.5 Å². The Kier molecular flexibility index (Phi) is 4.79. The van der Waals surface area contributed by atoms with Crippen LogP contribution in [-0.2, 0) is 4.79 Å². The van der Waals surface area contributed by atoms with Crippen LogP contribution in [0, 0.1) is 0 Å². The minimum absolute atomic E-state index is 0.0667. The summed E-state index contributed by atoms with van der Waals surface area (Å²) in [6, 6.07) is 0. The van der Waals surface area contributed by atoms with Gasteiger partial charge in [0.1, 0.15) is 5.02 Å². The molecule has 0 saturated carbocycles. The highest BCUT2D eigenvalue weighted by Crippen LogP contribution is 2.24. The number of rotatable bonds is 4. The van der Waals surface area contributed by atoms with Gasteiger partial charge >= 0.3 is 0 Å². The van der Waals surface area contributed by atoms with Gasteiger partial charge in [-0.25, -0.2) is 4.98 Å². The number of carbonyl (C=O) groups is 1. The maximum Gasteiger partial charge on any atom is 0.224 e. The van der Waals surface area contributed by atoms with Gasteiger partial charge < -0.3 is 15.5 Å². The van der Waals surface area contributed by atoms with Gasteiger partial charge in [-0.2, -0.15) is 4.98 Å². The Labute approximate surface area is 117 Å². The van der Waals surface area contributed by atoms with Crippen LogP contribution in [0.3, 0.4) is 0 Å². The first-order chi connectivity index (χ1) is 9.20. The smallest absolute Gasteiger partial charge is 0.224 e. The summed E-state index contributed by atoms with van der Waals surface area (Å²) >= 11 is 6.15. The van der Waals surface area contributed by atoms with Gasteiger partial charge in [0.05, 0.1) is 6.20 Å². The number of halogens is 1. The summed E-state index contributed by atoms with van der Waals surface area (Å²) in [5.74, 6) is 1.33. The molecule has 7 heteroatoms. The molecule has 1 aromatic rings. The van der Waals surface area contributed by atoms with Crippen molar-refractivity contribution in [3.8, 4) is 0 Å². The molecule has 1 amide bonds. The predicted octanol–water partition coefficient (Wildman–Crippen LogP) is 1.28. The zero-order valence-corrected chi connectivity index (χ0v) is 11.7. The molecule has 0 bridgehead atoms. The van der Waals surface area contributed by atoms with Crippen LogP contribution in [0.1, 0.15) is 19.8 Å². The van der Waals surface area contributed by atoms with E-state index in [4.69, 9.17) is 11.6 Å². The number of nitrogens with zero attached hydrogens (tertiary/aromatic N) is 3. The molecular weight excluding hydrogens is 266 g/mol. The van der Waals surface area contributed by atoms with Crippen LogP contribution < -0.4 is 15.5 Å². The van der Waals surface area contributed by atoms with E-state index in [2.05, 4.69) is 27.5 Å². The van der Waals surface area contributed by atoms with Crippen LogP contribution >= 0.6 is 11.6 Å². The van der Waals surface area contributed by atoms with E-state index < -0.39 is 0 Å². The summed E-state index contributed by atoms with van der Waals surface area (Å²) in [6.45, 7) is 4.83. The lowest BCUT2D eigenvalue weighted by molar-refractivity contribution is -0.120. The van der Waals surface area contributed by atoms with Gasteiger partial charge in [-0.15, -0.1) is 0 Å². The number of nitrogens with one attached hydrogen (secondary N) is 2. The third-order valence-electron chi connectivity index (χ3n) is 2.87. The molecule has 1 saturated heterocycles. The van der Waals surface area contributed by atoms with Crippen LogP contribution in [0.25, 0.3) is 0 Å². The van der Waals surface area contributed by atoms with Crippen molar-refractivity contribution in [1.82, 2.24) is 15.3 Å². The number of aromatic nitrogens is 2. The Hall–Kier alpha value is -1.56. The van der Waals surface area contributed by atoms with Crippen molar-refractivity contribution in [3.05, 3.63) is 11.2 Å². The van der Waals surface area contributed by atoms with E-state index >= 15 is 0 Å². The molecular formula is C12H18ClN5O. The van der Waals surface area contributed by atoms with Gasteiger partial charge in [0.2, 0.25) is 11.9 Å². The summed E-state index contributed by atoms with van der Waals surface area (Å²) in [4.78, 5) is 21.9. The third-order valence-corrected chi connectivity index (χ3v) is 3.14. The largest absolute Gasteiger partial charge is 0.354 e. The summed E-state index contributed by atoms with van der Waals surface area (Å²) in [5.41, 5.74) is 0. The highest BCUT2D eigenvalue weighted by Gasteiger charge is 2.18. The molecule has 2 rings (SSSR count). The van der Waals surface area contributed by atoms with Gasteiger partial charge in [0.25, 0.3) is 0 Å². The summed E-state index contributed by atoms with van der Waals surface area (Å²) < 4.78 is 0. The van der Waals surface area contributed by atoms with Crippen molar-refractivity contribution in [2.45, 2.75) is 19.8 Å². The Morgan fingerprint density at radius 3 is 3.16 bits per heavy atom. The van der Waals surface area contributed by atoms with Crippen molar-refractivity contribution in [3.63, 3.8) is 0 Å². The van der Waals surface area contributed by atoms with E-state index in [1.54, 1.807) is 6.20 Å². The maximum atomic E-state index is 11.3. The highest BCUT2D eigenvalue weighted by atomic mass is 35.5. The lowest BCUT2D eigenvalue weighted by Crippen LogP contribution is -2.29. The van der Waals surface area contributed by atoms with Crippen LogP contribution in [0.5, 0.6) is 0 Å². The fraction of sp³-hybridized carbons (Fsp3) is 0.583. The Morgan fingerprint density at radius 1 is 1.53 bits per heavy atom. The lowest BCUT2D eigenvalue weighted by atomic mass is 10.3. The second-order valence-corrected chi connectivity index (χ2v) is 4.79. The molecule has 1 aliphatic rings. The van der Waals surface area contributed by atoms with Crippen molar-refractivity contribution in [1.29, 1.82) is 0 Å². The molecule has 1 fully saturated rings. The number of anilines is 2. The summed E-state index contributed by atoms with van der Waals surface area (Å²) in [7, 11) is 0. The van der Waals surface area contributed by atoms with Crippen LogP contribution in [0.2, 0.25) is 5.02 Å². The Morgan fingerprint density at radius 2 is 2.37 bits per heavy atom. The Balaban J connectivity index is 2.15. The topological polar surface area (TPSA) is 70.2 Å². The SMILES string of the molecule is CCCNc1ncc(Cl)c(N2CCNC(=O)CC2)n1. The quantitative estimate of drug-likeness (QED) is 0.871. The van der Waals surface area contributed by atoms with Crippen LogP contribution in [0.4, 0.5) is 11.8 Å². The zero-order valence-electron chi connectivity index (χ0n) is 10.9. The number of hydrogen-bond acceptors (Lipinski definition) is 5. The first-order valence-corrected chi connectivity index (χ1v) is 6.86. The second-order valence-electron chi connectivity index (χ2n) is 4.38. The molecule has 1 aromatic heterocycles. The first kappa shape index (κ1) is 13.9. The van der Waals surface area contributed by atoms with Crippen molar-refractivity contribution < 1.29 is 4.79 Å². The van der Waals surface area contributed by atoms with Gasteiger partial charge in [-0.3, -0.25) is 4.79 Å². The molecule has 0 unspecified atom stereocenters. The highest BCUT2D eigenvalue weighted by molar-refractivity contribution is 6.32. The maximum absolute atomic E-state index is 11.3. The molecule has 6 nitrogen and oxygen atoms in total. The molecule has 0 spiro atoms. The molecule has 2 N–H and O–H groups in total. The van der Waals surface area contributed by atoms with Gasteiger partial charge in [0, 0.05) is 32.6 Å². The molecule has 0 aromatic carbocycles. The molecule has 0 atom stereocenters. The standard InChI is InChI=1S/C12H18ClN5O/c1-2-4-15-12-16-8-9(13)11(17-12)18-6-3-10(19)14-5-7-18/h8H,2-7H2,1H3,(H,14,19)(H,15,16,17). The van der Waals surface area contributed by atoms with E-state index in [1.165, 1.54) is 0 Å². The van der Waals surface area contributed by atoms with E-state index in [1.807, 2.05) is 4.90 Å². The van der Waals surface area contributed by atoms with Gasteiger partial charge in [0.15, 0.2) is 5.82 Å². The molecule has 1 aliphatic heterocycles. The third kappa shape index (κ3) is 3.70. The molecule has 2 heterocycles. The summed E-state index contributed by atoms with van der Waals surface area (Å²) in [6.07, 6.45) is 3.06. The number of amides is 1. The van der Waals surface area contributed by atoms with Gasteiger partial charge in [-0.05, 0) is 6.42 Å². The van der Waals surface area contributed by atoms with Crippen molar-refractivity contribution >= 4 is 29.3 Å². The molecule has 0 aliphatic carbocycles. The monoisotopic (exact) mass is 283 g/mol. The average molecular weight is 284 g/mol. The lowest BCUT2D eigenvalue weighted by Gasteiger charge is -2.22. The Bertz CT molecular complexity index is 454. The van der Waals surface area contributed by atoms with E-state index in [0.29, 0.717) is 42.8 Å². The van der Waals surface area contributed by atoms with E-state index in [-0.39, 0.29) is 5.91 Å². The van der Waals surface area contributed by atoms with E-state index in [0.717, 1.165) is 13.0 Å². The van der Waals surface area contributed by atoms with Crippen molar-refractivity contribution in [2.24, 2.45) is 0 Å². The number of carbonyl (C=O) groups excluding carboxylic acids is 1. The second kappa shape index (κ2) is 6.56. The summed E-state index contributed by atoms with van der Waals surface area (Å²) in [5, 5.41) is 6.48. The molecule has 19 heavy (non-hydrogen) atoms. The zero-order chi connectivity index (χ0) is 13.7. The predicted molar refractivity (Wildman–Crippen MR) is 75.7 cm³/mol. The fourth-order valence-corrected chi connectivity index (χ4v) is 2.09. The number of hydrogen-bond donors (Lipinski definition) is 2. The minimum atomic E-state index is 0.0667. The van der Waals surface area contributed by atoms with Crippen LogP contribution in [-0.4, -0.2) is 42.1 Å². The average Bonchev–Trinajstić information content (AvgIpc) is 2.63. The van der Waals surface area contributed by atoms with Crippen LogP contribution in [0.15, 0.2) is 6.20 Å².